The summed E-state index contributed by atoms with van der Waals surface area (Å²) in [7, 11) is 0. The fraction of sp³-hybridized carbons (Fsp3) is 0.167. The van der Waals surface area contributed by atoms with E-state index in [1.54, 1.807) is 0 Å². The minimum absolute atomic E-state index is 0.246. The van der Waals surface area contributed by atoms with E-state index in [9.17, 15) is 4.79 Å². The molecule has 0 saturated heterocycles. The number of carbonyl (C=O) groups is 1. The van der Waals surface area contributed by atoms with Crippen LogP contribution in [0.5, 0.6) is 0 Å². The van der Waals surface area contributed by atoms with Crippen molar-refractivity contribution in [1.29, 1.82) is 0 Å². The number of H-pyrrole nitrogens is 1. The predicted molar refractivity (Wildman–Crippen MR) is 37.3 cm³/mol. The van der Waals surface area contributed by atoms with Crippen LogP contribution in [0, 0.1) is 0 Å². The van der Waals surface area contributed by atoms with Gasteiger partial charge in [-0.05, 0) is 6.07 Å². The van der Waals surface area contributed by atoms with Crippen molar-refractivity contribution in [2.45, 2.75) is 5.88 Å². The van der Waals surface area contributed by atoms with Crippen molar-refractivity contribution in [3.8, 4) is 0 Å². The summed E-state index contributed by atoms with van der Waals surface area (Å²) in [6.45, 7) is 0. The second kappa shape index (κ2) is 2.75. The minimum Gasteiger partial charge on any atom is -0.478 e. The number of hydrogen-bond donors (Lipinski definition) is 2. The molecule has 0 aliphatic rings. The van der Waals surface area contributed by atoms with Gasteiger partial charge in [-0.2, -0.15) is 0 Å². The molecule has 0 aromatic carbocycles. The van der Waals surface area contributed by atoms with E-state index in [4.69, 9.17) is 16.7 Å². The monoisotopic (exact) mass is 159 g/mol. The molecule has 2 N–H and O–H groups in total. The Kier molecular flexibility index (Phi) is 1.97. The van der Waals surface area contributed by atoms with Gasteiger partial charge in [0.25, 0.3) is 0 Å². The summed E-state index contributed by atoms with van der Waals surface area (Å²) < 4.78 is 0. The van der Waals surface area contributed by atoms with Crippen LogP contribution in [0.15, 0.2) is 12.3 Å². The number of aromatic carboxylic acids is 1. The van der Waals surface area contributed by atoms with E-state index in [-0.39, 0.29) is 5.56 Å². The Bertz CT molecular complexity index is 244. The lowest BCUT2D eigenvalue weighted by molar-refractivity contribution is 0.0697. The Labute approximate surface area is 62.6 Å². The molecule has 1 aromatic heterocycles. The fourth-order valence-electron chi connectivity index (χ4n) is 0.642. The van der Waals surface area contributed by atoms with E-state index >= 15 is 0 Å². The van der Waals surface area contributed by atoms with Gasteiger partial charge in [0.05, 0.1) is 11.4 Å². The largest absolute Gasteiger partial charge is 0.478 e. The molecular weight excluding hydrogens is 154 g/mol. The molecule has 1 rings (SSSR count). The van der Waals surface area contributed by atoms with Crippen molar-refractivity contribution >= 4 is 17.6 Å². The Morgan fingerprint density at radius 1 is 1.80 bits per heavy atom. The lowest BCUT2D eigenvalue weighted by Gasteiger charge is -1.81. The molecule has 0 saturated carbocycles. The number of rotatable bonds is 2. The first kappa shape index (κ1) is 7.15. The third-order valence-electron chi connectivity index (χ3n) is 1.13. The molecule has 0 fully saturated rings. The lowest BCUT2D eigenvalue weighted by atomic mass is 10.3. The first-order chi connectivity index (χ1) is 4.74. The van der Waals surface area contributed by atoms with Crippen LogP contribution in [-0.2, 0) is 5.88 Å². The van der Waals surface area contributed by atoms with Crippen molar-refractivity contribution in [2.75, 3.05) is 0 Å². The van der Waals surface area contributed by atoms with Crippen molar-refractivity contribution in [2.24, 2.45) is 0 Å². The van der Waals surface area contributed by atoms with Gasteiger partial charge in [-0.1, -0.05) is 0 Å². The van der Waals surface area contributed by atoms with E-state index in [0.29, 0.717) is 5.88 Å². The number of hydrogen-bond acceptors (Lipinski definition) is 1. The molecule has 54 valence electrons. The SMILES string of the molecule is O=C(O)c1c[nH]c(CCl)c1. The maximum absolute atomic E-state index is 10.3. The summed E-state index contributed by atoms with van der Waals surface area (Å²) in [6.07, 6.45) is 1.42. The smallest absolute Gasteiger partial charge is 0.337 e. The first-order valence-corrected chi connectivity index (χ1v) is 3.24. The van der Waals surface area contributed by atoms with E-state index in [1.165, 1.54) is 12.3 Å². The van der Waals surface area contributed by atoms with Crippen LogP contribution in [0.25, 0.3) is 0 Å². The van der Waals surface area contributed by atoms with Crippen LogP contribution in [0.1, 0.15) is 16.1 Å². The highest BCUT2D eigenvalue weighted by Crippen LogP contribution is 2.05. The maximum atomic E-state index is 10.3. The van der Waals surface area contributed by atoms with Crippen molar-refractivity contribution in [1.82, 2.24) is 4.98 Å². The summed E-state index contributed by atoms with van der Waals surface area (Å²) >= 11 is 5.42. The summed E-state index contributed by atoms with van der Waals surface area (Å²) in [5.41, 5.74) is 0.967. The van der Waals surface area contributed by atoms with Crippen LogP contribution < -0.4 is 0 Å². The third kappa shape index (κ3) is 1.30. The quantitative estimate of drug-likeness (QED) is 0.642. The molecule has 0 bridgehead atoms. The van der Waals surface area contributed by atoms with Gasteiger partial charge in [0.1, 0.15) is 0 Å². The molecule has 0 spiro atoms. The van der Waals surface area contributed by atoms with Crippen LogP contribution in [-0.4, -0.2) is 16.1 Å². The molecule has 0 radical (unpaired) electrons. The molecule has 0 aliphatic carbocycles. The van der Waals surface area contributed by atoms with Crippen LogP contribution in [0.2, 0.25) is 0 Å². The van der Waals surface area contributed by atoms with Gasteiger partial charge in [0.15, 0.2) is 0 Å². The first-order valence-electron chi connectivity index (χ1n) is 2.70. The molecule has 0 atom stereocenters. The molecule has 4 heteroatoms. The van der Waals surface area contributed by atoms with Crippen molar-refractivity contribution in [3.05, 3.63) is 23.5 Å². The maximum Gasteiger partial charge on any atom is 0.337 e. The third-order valence-corrected chi connectivity index (χ3v) is 1.42. The van der Waals surface area contributed by atoms with Gasteiger partial charge in [-0.3, -0.25) is 0 Å². The molecule has 1 aromatic rings. The van der Waals surface area contributed by atoms with E-state index in [1.807, 2.05) is 0 Å². The van der Waals surface area contributed by atoms with E-state index in [2.05, 4.69) is 4.98 Å². The average Bonchev–Trinajstić information content (AvgIpc) is 2.34. The minimum atomic E-state index is -0.937. The molecule has 10 heavy (non-hydrogen) atoms. The molecule has 3 nitrogen and oxygen atoms in total. The summed E-state index contributed by atoms with van der Waals surface area (Å²) in [5, 5.41) is 8.43. The topological polar surface area (TPSA) is 53.1 Å². The zero-order chi connectivity index (χ0) is 7.56. The van der Waals surface area contributed by atoms with Gasteiger partial charge in [-0.25, -0.2) is 4.79 Å². The Morgan fingerprint density at radius 2 is 2.50 bits per heavy atom. The summed E-state index contributed by atoms with van der Waals surface area (Å²) in [4.78, 5) is 13.0. The highest BCUT2D eigenvalue weighted by Gasteiger charge is 2.03. The van der Waals surface area contributed by atoms with Crippen molar-refractivity contribution in [3.63, 3.8) is 0 Å². The number of aromatic nitrogens is 1. The number of alkyl halides is 1. The van der Waals surface area contributed by atoms with Crippen LogP contribution >= 0.6 is 11.6 Å². The predicted octanol–water partition coefficient (Wildman–Crippen LogP) is 1.45. The van der Waals surface area contributed by atoms with Crippen molar-refractivity contribution < 1.29 is 9.90 Å². The second-order valence-electron chi connectivity index (χ2n) is 1.85. The Morgan fingerprint density at radius 3 is 2.80 bits per heavy atom. The standard InChI is InChI=1S/C6H6ClNO2/c7-2-5-1-4(3-8-5)6(9)10/h1,3,8H,2H2,(H,9,10). The van der Waals surface area contributed by atoms with Gasteiger partial charge < -0.3 is 10.1 Å². The highest BCUT2D eigenvalue weighted by atomic mass is 35.5. The molecule has 0 aliphatic heterocycles. The Hall–Kier alpha value is -0.960. The van der Waals surface area contributed by atoms with Gasteiger partial charge >= 0.3 is 5.97 Å². The van der Waals surface area contributed by atoms with Crippen LogP contribution in [0.3, 0.4) is 0 Å². The van der Waals surface area contributed by atoms with Crippen LogP contribution in [0.4, 0.5) is 0 Å². The molecule has 0 unspecified atom stereocenters. The molecule has 1 heterocycles. The molecular formula is C6H6ClNO2. The van der Waals surface area contributed by atoms with E-state index < -0.39 is 5.97 Å². The number of carboxylic acid groups (broad SMARTS) is 1. The summed E-state index contributed by atoms with van der Waals surface area (Å²) in [5.74, 6) is -0.625. The highest BCUT2D eigenvalue weighted by molar-refractivity contribution is 6.17. The summed E-state index contributed by atoms with van der Waals surface area (Å²) in [6, 6.07) is 1.51. The van der Waals surface area contributed by atoms with Gasteiger partial charge in [-0.15, -0.1) is 11.6 Å². The molecule has 0 amide bonds. The van der Waals surface area contributed by atoms with E-state index in [0.717, 1.165) is 5.69 Å². The zero-order valence-electron chi connectivity index (χ0n) is 5.10. The van der Waals surface area contributed by atoms with Gasteiger partial charge in [0.2, 0.25) is 0 Å². The van der Waals surface area contributed by atoms with Gasteiger partial charge in [0, 0.05) is 11.9 Å². The average molecular weight is 160 g/mol. The normalized spacial score (nSPS) is 9.70. The number of nitrogens with one attached hydrogen (secondary N) is 1. The number of aromatic amines is 1. The second-order valence-corrected chi connectivity index (χ2v) is 2.12. The number of carboxylic acids is 1. The Balaban J connectivity index is 2.88. The fourth-order valence-corrected chi connectivity index (χ4v) is 0.796. The number of halogens is 1. The zero-order valence-corrected chi connectivity index (χ0v) is 5.85. The lowest BCUT2D eigenvalue weighted by Crippen LogP contribution is -1.91.